The van der Waals surface area contributed by atoms with Crippen molar-refractivity contribution in [3.8, 4) is 0 Å². The molecule has 0 fully saturated rings. The Balaban J connectivity index is 2.85. The lowest BCUT2D eigenvalue weighted by atomic mass is 10.1. The molecule has 142 valence electrons. The fourth-order valence-electron chi connectivity index (χ4n) is 2.10. The van der Waals surface area contributed by atoms with E-state index in [0.29, 0.717) is 30.4 Å². The summed E-state index contributed by atoms with van der Waals surface area (Å²) in [6, 6.07) is 8.31. The molecule has 0 bridgehead atoms. The van der Waals surface area contributed by atoms with Gasteiger partial charge < -0.3 is 15.4 Å². The highest BCUT2D eigenvalue weighted by Gasteiger charge is 2.21. The van der Waals surface area contributed by atoms with Crippen molar-refractivity contribution in [1.29, 1.82) is 0 Å². The molecule has 0 aliphatic carbocycles. The van der Waals surface area contributed by atoms with Gasteiger partial charge in [-0.25, -0.2) is 8.42 Å². The van der Waals surface area contributed by atoms with Gasteiger partial charge in [0.2, 0.25) is 0 Å². The van der Waals surface area contributed by atoms with Crippen molar-refractivity contribution < 1.29 is 13.2 Å². The molecule has 1 unspecified atom stereocenters. The summed E-state index contributed by atoms with van der Waals surface area (Å²) >= 11 is 0. The van der Waals surface area contributed by atoms with Crippen molar-refractivity contribution in [2.24, 2.45) is 4.99 Å². The average Bonchev–Trinajstić information content (AvgIpc) is 2.60. The SMILES string of the molecule is CCNC(=NCC(C)(C)OC)NC(CC)CS(=O)(=O)c1ccccc1. The first-order valence-electron chi connectivity index (χ1n) is 8.62. The van der Waals surface area contributed by atoms with Gasteiger partial charge in [0.1, 0.15) is 0 Å². The van der Waals surface area contributed by atoms with Gasteiger partial charge in [0.25, 0.3) is 0 Å². The lowest BCUT2D eigenvalue weighted by Crippen LogP contribution is -2.46. The summed E-state index contributed by atoms with van der Waals surface area (Å²) in [4.78, 5) is 4.87. The Morgan fingerprint density at radius 2 is 1.88 bits per heavy atom. The molecule has 0 heterocycles. The Labute approximate surface area is 152 Å². The Morgan fingerprint density at radius 1 is 1.24 bits per heavy atom. The van der Waals surface area contributed by atoms with Crippen LogP contribution >= 0.6 is 0 Å². The third-order valence-electron chi connectivity index (χ3n) is 3.87. The number of rotatable bonds is 9. The number of guanidine groups is 1. The third-order valence-corrected chi connectivity index (χ3v) is 5.70. The lowest BCUT2D eigenvalue weighted by Gasteiger charge is -2.23. The van der Waals surface area contributed by atoms with Crippen molar-refractivity contribution in [2.45, 2.75) is 50.7 Å². The highest BCUT2D eigenvalue weighted by Crippen LogP contribution is 2.12. The van der Waals surface area contributed by atoms with E-state index in [1.165, 1.54) is 0 Å². The number of sulfone groups is 1. The van der Waals surface area contributed by atoms with Gasteiger partial charge in [0.15, 0.2) is 15.8 Å². The minimum atomic E-state index is -3.35. The predicted molar refractivity (Wildman–Crippen MR) is 103 cm³/mol. The van der Waals surface area contributed by atoms with Gasteiger partial charge in [-0.3, -0.25) is 4.99 Å². The number of ether oxygens (including phenoxy) is 1. The normalized spacial score (nSPS) is 14.2. The second-order valence-corrected chi connectivity index (χ2v) is 8.54. The van der Waals surface area contributed by atoms with Crippen LogP contribution in [0, 0.1) is 0 Å². The third kappa shape index (κ3) is 7.44. The summed E-state index contributed by atoms with van der Waals surface area (Å²) in [6.07, 6.45) is 0.671. The van der Waals surface area contributed by atoms with Crippen LogP contribution in [0.1, 0.15) is 34.1 Å². The van der Waals surface area contributed by atoms with Gasteiger partial charge in [0, 0.05) is 19.7 Å². The molecular formula is C18H31N3O3S. The standard InChI is InChI=1S/C18H31N3O3S/c1-6-15(13-25(22,23)16-11-9-8-10-12-16)21-17(19-7-2)20-14-18(3,4)24-5/h8-12,15H,6-7,13-14H2,1-5H3,(H2,19,20,21). The monoisotopic (exact) mass is 369 g/mol. The molecule has 0 radical (unpaired) electrons. The molecule has 2 N–H and O–H groups in total. The summed E-state index contributed by atoms with van der Waals surface area (Å²) in [6.45, 7) is 9.01. The van der Waals surface area contributed by atoms with Gasteiger partial charge in [-0.2, -0.15) is 0 Å². The molecule has 0 aliphatic heterocycles. The molecule has 0 spiro atoms. The van der Waals surface area contributed by atoms with Gasteiger partial charge in [-0.15, -0.1) is 0 Å². The number of benzene rings is 1. The minimum Gasteiger partial charge on any atom is -0.377 e. The van der Waals surface area contributed by atoms with E-state index in [0.717, 1.165) is 0 Å². The van der Waals surface area contributed by atoms with Crippen LogP contribution in [0.2, 0.25) is 0 Å². The van der Waals surface area contributed by atoms with E-state index in [1.54, 1.807) is 31.4 Å². The Kier molecular flexibility index (Phi) is 8.38. The summed E-state index contributed by atoms with van der Waals surface area (Å²) < 4.78 is 30.5. The number of methoxy groups -OCH3 is 1. The van der Waals surface area contributed by atoms with E-state index >= 15 is 0 Å². The van der Waals surface area contributed by atoms with E-state index in [4.69, 9.17) is 4.74 Å². The predicted octanol–water partition coefficient (Wildman–Crippen LogP) is 2.22. The van der Waals surface area contributed by atoms with Gasteiger partial charge in [0.05, 0.1) is 22.8 Å². The van der Waals surface area contributed by atoms with Crippen LogP contribution in [0.3, 0.4) is 0 Å². The van der Waals surface area contributed by atoms with E-state index in [9.17, 15) is 8.42 Å². The first-order chi connectivity index (χ1) is 11.7. The van der Waals surface area contributed by atoms with Crippen LogP contribution in [0.25, 0.3) is 0 Å². The first kappa shape index (κ1) is 21.4. The quantitative estimate of drug-likeness (QED) is 0.515. The van der Waals surface area contributed by atoms with Crippen LogP contribution in [0.4, 0.5) is 0 Å². The van der Waals surface area contributed by atoms with Crippen LogP contribution in [0.5, 0.6) is 0 Å². The zero-order chi connectivity index (χ0) is 18.9. The van der Waals surface area contributed by atoms with E-state index in [2.05, 4.69) is 15.6 Å². The molecule has 0 aliphatic rings. The van der Waals surface area contributed by atoms with Crippen molar-refractivity contribution in [3.05, 3.63) is 30.3 Å². The summed E-state index contributed by atoms with van der Waals surface area (Å²) in [5.41, 5.74) is -0.375. The Morgan fingerprint density at radius 3 is 2.40 bits per heavy atom. The van der Waals surface area contributed by atoms with Gasteiger partial charge in [-0.1, -0.05) is 25.1 Å². The van der Waals surface area contributed by atoms with Crippen molar-refractivity contribution >= 4 is 15.8 Å². The molecule has 7 heteroatoms. The Bertz CT molecular complexity index is 643. The highest BCUT2D eigenvalue weighted by molar-refractivity contribution is 7.91. The Hall–Kier alpha value is -1.60. The van der Waals surface area contributed by atoms with Crippen LogP contribution < -0.4 is 10.6 Å². The van der Waals surface area contributed by atoms with Gasteiger partial charge >= 0.3 is 0 Å². The van der Waals surface area contributed by atoms with Crippen LogP contribution in [0.15, 0.2) is 40.2 Å². The molecule has 6 nitrogen and oxygen atoms in total. The maximum absolute atomic E-state index is 12.6. The maximum Gasteiger partial charge on any atom is 0.191 e. The number of hydrogen-bond acceptors (Lipinski definition) is 4. The first-order valence-corrected chi connectivity index (χ1v) is 10.3. The second kappa shape index (κ2) is 9.77. The van der Waals surface area contributed by atoms with Crippen molar-refractivity contribution in [1.82, 2.24) is 10.6 Å². The zero-order valence-electron chi connectivity index (χ0n) is 15.9. The van der Waals surface area contributed by atoms with Crippen LogP contribution in [-0.4, -0.2) is 52.0 Å². The molecule has 0 aromatic heterocycles. The minimum absolute atomic E-state index is 0.0194. The fourth-order valence-corrected chi connectivity index (χ4v) is 3.71. The summed E-state index contributed by atoms with van der Waals surface area (Å²) in [5.74, 6) is 0.619. The summed E-state index contributed by atoms with van der Waals surface area (Å²) in [5, 5.41) is 6.39. The lowest BCUT2D eigenvalue weighted by molar-refractivity contribution is 0.0310. The zero-order valence-corrected chi connectivity index (χ0v) is 16.7. The highest BCUT2D eigenvalue weighted by atomic mass is 32.2. The van der Waals surface area contributed by atoms with Gasteiger partial charge in [-0.05, 0) is 39.3 Å². The average molecular weight is 370 g/mol. The second-order valence-electron chi connectivity index (χ2n) is 6.50. The molecular weight excluding hydrogens is 338 g/mol. The molecule has 1 aromatic rings. The summed E-state index contributed by atoms with van der Waals surface area (Å²) in [7, 11) is -1.70. The van der Waals surface area contributed by atoms with E-state index < -0.39 is 9.84 Å². The topological polar surface area (TPSA) is 79.8 Å². The largest absolute Gasteiger partial charge is 0.377 e. The number of hydrogen-bond donors (Lipinski definition) is 2. The molecule has 0 saturated carbocycles. The number of nitrogens with zero attached hydrogens (tertiary/aromatic N) is 1. The number of nitrogens with one attached hydrogen (secondary N) is 2. The molecule has 0 amide bonds. The van der Waals surface area contributed by atoms with Crippen molar-refractivity contribution in [3.63, 3.8) is 0 Å². The molecule has 0 saturated heterocycles. The maximum atomic E-state index is 12.6. The fraction of sp³-hybridized carbons (Fsp3) is 0.611. The molecule has 1 rings (SSSR count). The number of aliphatic imine (C=N–C) groups is 1. The van der Waals surface area contributed by atoms with E-state index in [1.807, 2.05) is 33.8 Å². The molecule has 1 atom stereocenters. The van der Waals surface area contributed by atoms with Crippen LogP contribution in [-0.2, 0) is 14.6 Å². The molecule has 1 aromatic carbocycles. The molecule has 25 heavy (non-hydrogen) atoms. The smallest absolute Gasteiger partial charge is 0.191 e. The van der Waals surface area contributed by atoms with Crippen molar-refractivity contribution in [2.75, 3.05) is 26.0 Å². The van der Waals surface area contributed by atoms with E-state index in [-0.39, 0.29) is 17.4 Å².